The summed E-state index contributed by atoms with van der Waals surface area (Å²) in [5.41, 5.74) is -0.335. The average molecular weight is 296 g/mol. The highest BCUT2D eigenvalue weighted by Crippen LogP contribution is 2.34. The highest BCUT2D eigenvalue weighted by molar-refractivity contribution is 5.84. The van der Waals surface area contributed by atoms with E-state index >= 15 is 0 Å². The smallest absolute Gasteiger partial charge is 0.137 e. The average Bonchev–Trinajstić information content (AvgIpc) is 2.30. The molecule has 1 rings (SSSR count). The zero-order valence-corrected chi connectivity index (χ0v) is 13.2. The fourth-order valence-corrected chi connectivity index (χ4v) is 2.37. The standard InChI is InChI=1S/C17H22F2O2/c1-10(20)6-7-12(11(2)21)15-14(18)9-8-13(16(15)19)17(3,4)5/h8-9,12H,6-7H2,1-5H3. The third kappa shape index (κ3) is 4.19. The Morgan fingerprint density at radius 1 is 1.14 bits per heavy atom. The van der Waals surface area contributed by atoms with Gasteiger partial charge in [-0.1, -0.05) is 26.8 Å². The first-order valence-corrected chi connectivity index (χ1v) is 7.04. The van der Waals surface area contributed by atoms with Crippen molar-refractivity contribution in [2.45, 2.75) is 58.8 Å². The van der Waals surface area contributed by atoms with Crippen LogP contribution in [0.15, 0.2) is 12.1 Å². The molecule has 0 amide bonds. The van der Waals surface area contributed by atoms with Gasteiger partial charge in [-0.2, -0.15) is 0 Å². The molecule has 0 bridgehead atoms. The van der Waals surface area contributed by atoms with Gasteiger partial charge in [-0.05, 0) is 37.3 Å². The number of rotatable bonds is 5. The third-order valence-electron chi connectivity index (χ3n) is 3.56. The summed E-state index contributed by atoms with van der Waals surface area (Å²) in [5, 5.41) is 0. The number of benzene rings is 1. The van der Waals surface area contributed by atoms with Crippen molar-refractivity contribution in [2.24, 2.45) is 0 Å². The Kier molecular flexibility index (Phi) is 5.37. The highest BCUT2D eigenvalue weighted by Gasteiger charge is 2.29. The fraction of sp³-hybridized carbons (Fsp3) is 0.529. The Hall–Kier alpha value is -1.58. The number of carbonyl (C=O) groups excluding carboxylic acids is 2. The van der Waals surface area contributed by atoms with Gasteiger partial charge in [-0.25, -0.2) is 8.78 Å². The van der Waals surface area contributed by atoms with Crippen LogP contribution >= 0.6 is 0 Å². The first-order valence-electron chi connectivity index (χ1n) is 7.04. The van der Waals surface area contributed by atoms with Crippen molar-refractivity contribution in [3.63, 3.8) is 0 Å². The van der Waals surface area contributed by atoms with Crippen molar-refractivity contribution in [2.75, 3.05) is 0 Å². The van der Waals surface area contributed by atoms with Crippen molar-refractivity contribution < 1.29 is 18.4 Å². The van der Waals surface area contributed by atoms with Gasteiger partial charge in [-0.3, -0.25) is 4.79 Å². The minimum atomic E-state index is -0.920. The number of ketones is 2. The largest absolute Gasteiger partial charge is 0.300 e. The molecule has 0 aliphatic carbocycles. The number of carbonyl (C=O) groups is 2. The Morgan fingerprint density at radius 3 is 2.14 bits per heavy atom. The number of halogens is 2. The van der Waals surface area contributed by atoms with E-state index in [1.165, 1.54) is 26.0 Å². The normalized spacial score (nSPS) is 13.1. The van der Waals surface area contributed by atoms with Crippen LogP contribution in [0.4, 0.5) is 8.78 Å². The van der Waals surface area contributed by atoms with E-state index in [-0.39, 0.29) is 30.0 Å². The van der Waals surface area contributed by atoms with Crippen LogP contribution in [0.1, 0.15) is 64.5 Å². The van der Waals surface area contributed by atoms with Crippen LogP contribution in [-0.2, 0) is 15.0 Å². The molecule has 0 spiro atoms. The van der Waals surface area contributed by atoms with E-state index in [9.17, 15) is 18.4 Å². The maximum absolute atomic E-state index is 14.7. The molecule has 0 N–H and O–H groups in total. The van der Waals surface area contributed by atoms with Gasteiger partial charge in [0.1, 0.15) is 23.2 Å². The Labute approximate surface area is 124 Å². The molecule has 0 aliphatic rings. The predicted molar refractivity (Wildman–Crippen MR) is 78.4 cm³/mol. The molecule has 0 aromatic heterocycles. The topological polar surface area (TPSA) is 34.1 Å². The maximum Gasteiger partial charge on any atom is 0.137 e. The van der Waals surface area contributed by atoms with E-state index in [1.54, 1.807) is 0 Å². The van der Waals surface area contributed by atoms with Gasteiger partial charge in [0.15, 0.2) is 0 Å². The lowest BCUT2D eigenvalue weighted by Crippen LogP contribution is -2.20. The summed E-state index contributed by atoms with van der Waals surface area (Å²) in [6, 6.07) is 2.61. The molecule has 1 aromatic rings. The fourth-order valence-electron chi connectivity index (χ4n) is 2.37. The van der Waals surface area contributed by atoms with E-state index in [4.69, 9.17) is 0 Å². The van der Waals surface area contributed by atoms with E-state index < -0.39 is 23.0 Å². The summed E-state index contributed by atoms with van der Waals surface area (Å²) in [6.07, 6.45) is 0.259. The lowest BCUT2D eigenvalue weighted by Gasteiger charge is -2.24. The van der Waals surface area contributed by atoms with Crippen LogP contribution in [-0.4, -0.2) is 11.6 Å². The lowest BCUT2D eigenvalue weighted by atomic mass is 9.81. The molecule has 116 valence electrons. The Morgan fingerprint density at radius 2 is 1.71 bits per heavy atom. The molecule has 0 fully saturated rings. The molecule has 1 unspecified atom stereocenters. The SMILES string of the molecule is CC(=O)CCC(C(C)=O)c1c(F)ccc(C(C)(C)C)c1F. The highest BCUT2D eigenvalue weighted by atomic mass is 19.1. The number of hydrogen-bond donors (Lipinski definition) is 0. The van der Waals surface area contributed by atoms with Crippen molar-refractivity contribution in [3.05, 3.63) is 34.9 Å². The van der Waals surface area contributed by atoms with E-state index in [1.807, 2.05) is 20.8 Å². The van der Waals surface area contributed by atoms with Gasteiger partial charge in [0.25, 0.3) is 0 Å². The van der Waals surface area contributed by atoms with Crippen molar-refractivity contribution >= 4 is 11.6 Å². The van der Waals surface area contributed by atoms with Gasteiger partial charge in [-0.15, -0.1) is 0 Å². The predicted octanol–water partition coefficient (Wildman–Crippen LogP) is 4.30. The molecule has 2 nitrogen and oxygen atoms in total. The molecule has 1 aromatic carbocycles. The first-order chi connectivity index (χ1) is 9.55. The molecule has 0 heterocycles. The second-order valence-electron chi connectivity index (χ2n) is 6.48. The van der Waals surface area contributed by atoms with Gasteiger partial charge >= 0.3 is 0 Å². The zero-order chi connectivity index (χ0) is 16.4. The van der Waals surface area contributed by atoms with Crippen LogP contribution in [0.3, 0.4) is 0 Å². The minimum Gasteiger partial charge on any atom is -0.300 e. The summed E-state index contributed by atoms with van der Waals surface area (Å²) in [4.78, 5) is 22.9. The molecule has 0 saturated carbocycles. The quantitative estimate of drug-likeness (QED) is 0.811. The van der Waals surface area contributed by atoms with Gasteiger partial charge < -0.3 is 4.79 Å². The van der Waals surface area contributed by atoms with E-state index in [2.05, 4.69) is 0 Å². The second kappa shape index (κ2) is 6.46. The van der Waals surface area contributed by atoms with Gasteiger partial charge in [0.2, 0.25) is 0 Å². The molecule has 1 atom stereocenters. The summed E-state index contributed by atoms with van der Waals surface area (Å²) < 4.78 is 28.8. The molecular weight excluding hydrogens is 274 g/mol. The Bertz CT molecular complexity index is 557. The number of hydrogen-bond acceptors (Lipinski definition) is 2. The van der Waals surface area contributed by atoms with Crippen LogP contribution in [0.2, 0.25) is 0 Å². The summed E-state index contributed by atoms with van der Waals surface area (Å²) in [5.74, 6) is -2.76. The van der Waals surface area contributed by atoms with Crippen LogP contribution < -0.4 is 0 Å². The van der Waals surface area contributed by atoms with Crippen LogP contribution in [0.5, 0.6) is 0 Å². The summed E-state index contributed by atoms with van der Waals surface area (Å²) in [6.45, 7) is 8.17. The summed E-state index contributed by atoms with van der Waals surface area (Å²) >= 11 is 0. The van der Waals surface area contributed by atoms with Crippen molar-refractivity contribution in [1.29, 1.82) is 0 Å². The van der Waals surface area contributed by atoms with Gasteiger partial charge in [0, 0.05) is 17.9 Å². The summed E-state index contributed by atoms with van der Waals surface area (Å²) in [7, 11) is 0. The second-order valence-corrected chi connectivity index (χ2v) is 6.48. The molecule has 4 heteroatoms. The molecule has 0 aliphatic heterocycles. The first kappa shape index (κ1) is 17.5. The van der Waals surface area contributed by atoms with Gasteiger partial charge in [0.05, 0.1) is 0 Å². The van der Waals surface area contributed by atoms with Crippen molar-refractivity contribution in [1.82, 2.24) is 0 Å². The maximum atomic E-state index is 14.7. The van der Waals surface area contributed by atoms with Crippen LogP contribution in [0.25, 0.3) is 0 Å². The molecule has 0 radical (unpaired) electrons. The number of Topliss-reactive ketones (excluding diaryl/α,β-unsaturated/α-hetero) is 2. The zero-order valence-electron chi connectivity index (χ0n) is 13.2. The van der Waals surface area contributed by atoms with E-state index in [0.29, 0.717) is 5.56 Å². The molecular formula is C17H22F2O2. The van der Waals surface area contributed by atoms with Crippen molar-refractivity contribution in [3.8, 4) is 0 Å². The molecule has 0 saturated heterocycles. The monoisotopic (exact) mass is 296 g/mol. The van der Waals surface area contributed by atoms with E-state index in [0.717, 1.165) is 0 Å². The minimum absolute atomic E-state index is 0.103. The third-order valence-corrected chi connectivity index (χ3v) is 3.56. The Balaban J connectivity index is 3.37. The lowest BCUT2D eigenvalue weighted by molar-refractivity contribution is -0.119. The van der Waals surface area contributed by atoms with Crippen LogP contribution in [0, 0.1) is 11.6 Å². The molecule has 21 heavy (non-hydrogen) atoms.